The topological polar surface area (TPSA) is 67.9 Å². The summed E-state index contributed by atoms with van der Waals surface area (Å²) in [4.78, 5) is 25.8. The number of methoxy groups -OCH3 is 2. The zero-order valence-electron chi connectivity index (χ0n) is 13.7. The molecule has 1 aliphatic heterocycles. The number of para-hydroxylation sites is 1. The fraction of sp³-hybridized carbons (Fsp3) is 0.529. The van der Waals surface area contributed by atoms with Crippen molar-refractivity contribution in [3.8, 4) is 5.75 Å². The number of carbonyl (C=O) groups is 2. The second-order valence-corrected chi connectivity index (χ2v) is 5.64. The van der Waals surface area contributed by atoms with Crippen LogP contribution in [0.2, 0.25) is 0 Å². The van der Waals surface area contributed by atoms with Crippen LogP contribution in [0.3, 0.4) is 0 Å². The Morgan fingerprint density at radius 1 is 1.22 bits per heavy atom. The SMILES string of the molecule is COCC(=O)NC1CCN(C(=O)Cc2ccccc2OC)CC1. The zero-order valence-corrected chi connectivity index (χ0v) is 13.7. The predicted octanol–water partition coefficient (Wildman–Crippen LogP) is 0.991. The van der Waals surface area contributed by atoms with Gasteiger partial charge < -0.3 is 19.7 Å². The Morgan fingerprint density at radius 2 is 1.91 bits per heavy atom. The van der Waals surface area contributed by atoms with Crippen LogP contribution in [-0.2, 0) is 20.7 Å². The molecular weight excluding hydrogens is 296 g/mol. The first-order chi connectivity index (χ1) is 11.1. The molecule has 1 aromatic carbocycles. The van der Waals surface area contributed by atoms with E-state index in [9.17, 15) is 9.59 Å². The lowest BCUT2D eigenvalue weighted by Gasteiger charge is -2.32. The maximum absolute atomic E-state index is 12.4. The average Bonchev–Trinajstić information content (AvgIpc) is 2.56. The van der Waals surface area contributed by atoms with Crippen LogP contribution >= 0.6 is 0 Å². The van der Waals surface area contributed by atoms with Crippen molar-refractivity contribution in [1.29, 1.82) is 0 Å². The Morgan fingerprint density at radius 3 is 2.57 bits per heavy atom. The molecule has 6 heteroatoms. The van der Waals surface area contributed by atoms with Gasteiger partial charge in [-0.2, -0.15) is 0 Å². The van der Waals surface area contributed by atoms with Crippen LogP contribution in [0.5, 0.6) is 5.75 Å². The summed E-state index contributed by atoms with van der Waals surface area (Å²) in [7, 11) is 3.11. The van der Waals surface area contributed by atoms with Gasteiger partial charge in [0.1, 0.15) is 12.4 Å². The molecule has 1 fully saturated rings. The second kappa shape index (κ2) is 8.53. The van der Waals surface area contributed by atoms with E-state index in [0.717, 1.165) is 24.2 Å². The molecule has 0 saturated carbocycles. The van der Waals surface area contributed by atoms with Gasteiger partial charge in [-0.3, -0.25) is 9.59 Å². The summed E-state index contributed by atoms with van der Waals surface area (Å²) < 4.78 is 10.1. The third-order valence-corrected chi connectivity index (χ3v) is 4.02. The van der Waals surface area contributed by atoms with Gasteiger partial charge in [-0.25, -0.2) is 0 Å². The van der Waals surface area contributed by atoms with E-state index in [2.05, 4.69) is 5.32 Å². The Balaban J connectivity index is 1.83. The van der Waals surface area contributed by atoms with E-state index >= 15 is 0 Å². The van der Waals surface area contributed by atoms with Crippen LogP contribution in [0.25, 0.3) is 0 Å². The van der Waals surface area contributed by atoms with Crippen LogP contribution in [0.4, 0.5) is 0 Å². The standard InChI is InChI=1S/C17H24N2O4/c1-22-12-16(20)18-14-7-9-19(10-8-14)17(21)11-13-5-3-4-6-15(13)23-2/h3-6,14H,7-12H2,1-2H3,(H,18,20). The molecule has 1 aliphatic rings. The highest BCUT2D eigenvalue weighted by atomic mass is 16.5. The Kier molecular flexibility index (Phi) is 6.40. The first kappa shape index (κ1) is 17.3. The van der Waals surface area contributed by atoms with Crippen molar-refractivity contribution in [2.24, 2.45) is 0 Å². The highest BCUT2D eigenvalue weighted by molar-refractivity contribution is 5.80. The lowest BCUT2D eigenvalue weighted by Crippen LogP contribution is -2.47. The zero-order chi connectivity index (χ0) is 16.7. The van der Waals surface area contributed by atoms with Gasteiger partial charge in [0.25, 0.3) is 0 Å². The molecule has 2 rings (SSSR count). The Bertz CT molecular complexity index is 539. The third kappa shape index (κ3) is 4.96. The summed E-state index contributed by atoms with van der Waals surface area (Å²) in [5, 5.41) is 2.93. The van der Waals surface area contributed by atoms with Gasteiger partial charge >= 0.3 is 0 Å². The third-order valence-electron chi connectivity index (χ3n) is 4.02. The van der Waals surface area contributed by atoms with Crippen molar-refractivity contribution < 1.29 is 19.1 Å². The maximum Gasteiger partial charge on any atom is 0.246 e. The summed E-state index contributed by atoms with van der Waals surface area (Å²) in [5.74, 6) is 0.727. The molecule has 1 aromatic rings. The number of nitrogens with one attached hydrogen (secondary N) is 1. The van der Waals surface area contributed by atoms with Crippen molar-refractivity contribution in [2.75, 3.05) is 33.9 Å². The minimum Gasteiger partial charge on any atom is -0.496 e. The average molecular weight is 320 g/mol. The molecule has 2 amide bonds. The van der Waals surface area contributed by atoms with Crippen molar-refractivity contribution in [2.45, 2.75) is 25.3 Å². The highest BCUT2D eigenvalue weighted by Crippen LogP contribution is 2.19. The number of amides is 2. The van der Waals surface area contributed by atoms with Gasteiger partial charge in [0.2, 0.25) is 11.8 Å². The van der Waals surface area contributed by atoms with Crippen LogP contribution in [-0.4, -0.2) is 56.7 Å². The van der Waals surface area contributed by atoms with E-state index < -0.39 is 0 Å². The fourth-order valence-electron chi connectivity index (χ4n) is 2.80. The van der Waals surface area contributed by atoms with Crippen molar-refractivity contribution in [3.05, 3.63) is 29.8 Å². The maximum atomic E-state index is 12.4. The number of rotatable bonds is 6. The minimum absolute atomic E-state index is 0.0763. The van der Waals surface area contributed by atoms with E-state index in [-0.39, 0.29) is 24.5 Å². The predicted molar refractivity (Wildman–Crippen MR) is 86.3 cm³/mol. The monoisotopic (exact) mass is 320 g/mol. The lowest BCUT2D eigenvalue weighted by molar-refractivity contribution is -0.131. The molecule has 0 spiro atoms. The van der Waals surface area contributed by atoms with E-state index in [1.165, 1.54) is 7.11 Å². The number of likely N-dealkylation sites (tertiary alicyclic amines) is 1. The minimum atomic E-state index is -0.105. The lowest BCUT2D eigenvalue weighted by atomic mass is 10.0. The first-order valence-electron chi connectivity index (χ1n) is 7.82. The number of hydrogen-bond acceptors (Lipinski definition) is 4. The smallest absolute Gasteiger partial charge is 0.246 e. The van der Waals surface area contributed by atoms with Crippen LogP contribution in [0.1, 0.15) is 18.4 Å². The molecule has 0 aliphatic carbocycles. The molecule has 23 heavy (non-hydrogen) atoms. The summed E-state index contributed by atoms with van der Waals surface area (Å²) in [6.07, 6.45) is 1.88. The number of hydrogen-bond donors (Lipinski definition) is 1. The van der Waals surface area contributed by atoms with Gasteiger partial charge in [-0.1, -0.05) is 18.2 Å². The first-order valence-corrected chi connectivity index (χ1v) is 7.82. The second-order valence-electron chi connectivity index (χ2n) is 5.64. The quantitative estimate of drug-likeness (QED) is 0.849. The van der Waals surface area contributed by atoms with Gasteiger partial charge in [0, 0.05) is 31.8 Å². The molecule has 1 N–H and O–H groups in total. The van der Waals surface area contributed by atoms with E-state index in [1.54, 1.807) is 7.11 Å². The largest absolute Gasteiger partial charge is 0.496 e. The summed E-state index contributed by atoms with van der Waals surface area (Å²) in [5.41, 5.74) is 0.899. The number of piperidine rings is 1. The number of nitrogens with zero attached hydrogens (tertiary/aromatic N) is 1. The number of benzene rings is 1. The molecule has 6 nitrogen and oxygen atoms in total. The molecule has 0 radical (unpaired) electrons. The van der Waals surface area contributed by atoms with Crippen LogP contribution in [0, 0.1) is 0 Å². The molecule has 1 heterocycles. The summed E-state index contributed by atoms with van der Waals surface area (Å²) >= 11 is 0. The van der Waals surface area contributed by atoms with Crippen LogP contribution < -0.4 is 10.1 Å². The normalized spacial score (nSPS) is 15.3. The Labute approximate surface area is 136 Å². The summed E-state index contributed by atoms with van der Waals surface area (Å²) in [6.45, 7) is 1.39. The van der Waals surface area contributed by atoms with Crippen LogP contribution in [0.15, 0.2) is 24.3 Å². The molecule has 1 saturated heterocycles. The number of carbonyl (C=O) groups excluding carboxylic acids is 2. The van der Waals surface area contributed by atoms with Gasteiger partial charge in [-0.05, 0) is 18.9 Å². The molecule has 0 bridgehead atoms. The Hall–Kier alpha value is -2.08. The summed E-state index contributed by atoms with van der Waals surface area (Å²) in [6, 6.07) is 7.69. The molecule has 0 aromatic heterocycles. The highest BCUT2D eigenvalue weighted by Gasteiger charge is 2.24. The van der Waals surface area contributed by atoms with E-state index in [1.807, 2.05) is 29.2 Å². The van der Waals surface area contributed by atoms with E-state index in [4.69, 9.17) is 9.47 Å². The number of ether oxygens (including phenoxy) is 2. The van der Waals surface area contributed by atoms with Crippen molar-refractivity contribution in [3.63, 3.8) is 0 Å². The van der Waals surface area contributed by atoms with Gasteiger partial charge in [0.05, 0.1) is 13.5 Å². The van der Waals surface area contributed by atoms with E-state index in [0.29, 0.717) is 19.5 Å². The molecular formula is C17H24N2O4. The van der Waals surface area contributed by atoms with Gasteiger partial charge in [-0.15, -0.1) is 0 Å². The molecule has 0 atom stereocenters. The fourth-order valence-corrected chi connectivity index (χ4v) is 2.80. The van der Waals surface area contributed by atoms with Crippen molar-refractivity contribution in [1.82, 2.24) is 10.2 Å². The van der Waals surface area contributed by atoms with Gasteiger partial charge in [0.15, 0.2) is 0 Å². The molecule has 126 valence electrons. The molecule has 0 unspecified atom stereocenters. The van der Waals surface area contributed by atoms with Crippen molar-refractivity contribution >= 4 is 11.8 Å².